The van der Waals surface area contributed by atoms with Gasteiger partial charge in [-0.15, -0.1) is 11.3 Å². The first-order chi connectivity index (χ1) is 9.57. The summed E-state index contributed by atoms with van der Waals surface area (Å²) in [5.41, 5.74) is 0. The maximum atomic E-state index is 12.5. The van der Waals surface area contributed by atoms with E-state index >= 15 is 0 Å². The van der Waals surface area contributed by atoms with Gasteiger partial charge in [-0.3, -0.25) is 0 Å². The second-order valence-corrected chi connectivity index (χ2v) is 8.22. The van der Waals surface area contributed by atoms with Crippen molar-refractivity contribution in [3.05, 3.63) is 17.0 Å². The maximum Gasteiger partial charge on any atom is 0.252 e. The van der Waals surface area contributed by atoms with Crippen molar-refractivity contribution in [3.63, 3.8) is 0 Å². The van der Waals surface area contributed by atoms with Gasteiger partial charge in [0.05, 0.1) is 0 Å². The first-order valence-electron chi connectivity index (χ1n) is 6.72. The molecule has 2 rings (SSSR count). The Bertz CT molecular complexity index is 581. The minimum Gasteiger partial charge on any atom is -0.320 e. The third-order valence-corrected chi connectivity index (χ3v) is 7.02. The van der Waals surface area contributed by atoms with Gasteiger partial charge in [0.15, 0.2) is 0 Å². The van der Waals surface area contributed by atoms with Gasteiger partial charge in [0.2, 0.25) is 0 Å². The smallest absolute Gasteiger partial charge is 0.252 e. The Morgan fingerprint density at radius 3 is 2.70 bits per heavy atom. The number of nitriles is 1. The van der Waals surface area contributed by atoms with Crippen molar-refractivity contribution >= 4 is 21.4 Å². The summed E-state index contributed by atoms with van der Waals surface area (Å²) in [5, 5.41) is 11.9. The number of sulfonamides is 1. The standard InChI is InChI=1S/C13H19N3O2S2/c1-15-7-4-11-5-8-16(9-6-11)20(17,18)13-3-2-12(10-14)19-13/h2-3,11,15H,4-9H2,1H3. The van der Waals surface area contributed by atoms with Crippen molar-refractivity contribution in [3.8, 4) is 6.07 Å². The first kappa shape index (κ1) is 15.4. The fourth-order valence-electron chi connectivity index (χ4n) is 2.43. The van der Waals surface area contributed by atoms with E-state index in [-0.39, 0.29) is 4.21 Å². The van der Waals surface area contributed by atoms with Gasteiger partial charge in [0.25, 0.3) is 10.0 Å². The van der Waals surface area contributed by atoms with Gasteiger partial charge in [-0.1, -0.05) is 0 Å². The average Bonchev–Trinajstić information content (AvgIpc) is 2.95. The van der Waals surface area contributed by atoms with Gasteiger partial charge in [-0.05, 0) is 50.9 Å². The third kappa shape index (κ3) is 3.38. The lowest BCUT2D eigenvalue weighted by Crippen LogP contribution is -2.38. The Kier molecular flexibility index (Phi) is 5.16. The number of hydrogen-bond acceptors (Lipinski definition) is 5. The van der Waals surface area contributed by atoms with Gasteiger partial charge in [-0.25, -0.2) is 8.42 Å². The second kappa shape index (κ2) is 6.68. The fraction of sp³-hybridized carbons (Fsp3) is 0.615. The molecule has 0 atom stereocenters. The van der Waals surface area contributed by atoms with Crippen LogP contribution in [0.1, 0.15) is 24.1 Å². The van der Waals surface area contributed by atoms with Crippen LogP contribution >= 0.6 is 11.3 Å². The van der Waals surface area contributed by atoms with E-state index in [1.54, 1.807) is 10.4 Å². The molecule has 1 fully saturated rings. The Morgan fingerprint density at radius 1 is 1.45 bits per heavy atom. The summed E-state index contributed by atoms with van der Waals surface area (Å²) in [6.07, 6.45) is 2.93. The molecule has 1 aromatic rings. The summed E-state index contributed by atoms with van der Waals surface area (Å²) in [4.78, 5) is 0.437. The molecule has 1 saturated heterocycles. The van der Waals surface area contributed by atoms with E-state index in [0.29, 0.717) is 23.9 Å². The quantitative estimate of drug-likeness (QED) is 0.896. The van der Waals surface area contributed by atoms with E-state index in [1.807, 2.05) is 13.1 Å². The molecular weight excluding hydrogens is 294 g/mol. The van der Waals surface area contributed by atoms with Crippen LogP contribution in [0.15, 0.2) is 16.3 Å². The van der Waals surface area contributed by atoms with Crippen molar-refractivity contribution in [2.24, 2.45) is 5.92 Å². The molecule has 20 heavy (non-hydrogen) atoms. The van der Waals surface area contributed by atoms with E-state index in [4.69, 9.17) is 5.26 Å². The molecule has 0 aliphatic carbocycles. The van der Waals surface area contributed by atoms with Crippen LogP contribution in [0, 0.1) is 17.2 Å². The highest BCUT2D eigenvalue weighted by Gasteiger charge is 2.30. The van der Waals surface area contributed by atoms with Crippen molar-refractivity contribution in [2.75, 3.05) is 26.7 Å². The molecule has 7 heteroatoms. The Labute approximate surface area is 124 Å². The Morgan fingerprint density at radius 2 is 2.15 bits per heavy atom. The minimum atomic E-state index is -3.41. The molecule has 0 saturated carbocycles. The molecule has 1 aliphatic heterocycles. The summed E-state index contributed by atoms with van der Waals surface area (Å²) in [5.74, 6) is 0.604. The largest absolute Gasteiger partial charge is 0.320 e. The highest BCUT2D eigenvalue weighted by Crippen LogP contribution is 2.28. The molecule has 1 N–H and O–H groups in total. The van der Waals surface area contributed by atoms with Crippen LogP contribution in [0.2, 0.25) is 0 Å². The zero-order valence-corrected chi connectivity index (χ0v) is 13.1. The predicted octanol–water partition coefficient (Wildman–Crippen LogP) is 1.63. The lowest BCUT2D eigenvalue weighted by Gasteiger charge is -2.30. The molecule has 110 valence electrons. The van der Waals surface area contributed by atoms with Gasteiger partial charge < -0.3 is 5.32 Å². The summed E-state index contributed by atoms with van der Waals surface area (Å²) in [6.45, 7) is 2.14. The molecule has 0 unspecified atom stereocenters. The van der Waals surface area contributed by atoms with Gasteiger partial charge >= 0.3 is 0 Å². The predicted molar refractivity (Wildman–Crippen MR) is 79.1 cm³/mol. The molecule has 0 aromatic carbocycles. The number of piperidine rings is 1. The van der Waals surface area contributed by atoms with Gasteiger partial charge in [-0.2, -0.15) is 9.57 Å². The second-order valence-electron chi connectivity index (χ2n) is 4.97. The molecule has 0 amide bonds. The molecule has 0 spiro atoms. The van der Waals surface area contributed by atoms with E-state index < -0.39 is 10.0 Å². The molecule has 5 nitrogen and oxygen atoms in total. The molecule has 0 bridgehead atoms. The minimum absolute atomic E-state index is 0.280. The highest BCUT2D eigenvalue weighted by atomic mass is 32.2. The van der Waals surface area contributed by atoms with E-state index in [0.717, 1.165) is 37.1 Å². The first-order valence-corrected chi connectivity index (χ1v) is 8.98. The normalized spacial score (nSPS) is 18.0. The van der Waals surface area contributed by atoms with Crippen LogP contribution < -0.4 is 5.32 Å². The molecule has 2 heterocycles. The fourth-order valence-corrected chi connectivity index (χ4v) is 5.16. The van der Waals surface area contributed by atoms with E-state index in [2.05, 4.69) is 5.32 Å². The van der Waals surface area contributed by atoms with Crippen molar-refractivity contribution < 1.29 is 8.42 Å². The Balaban J connectivity index is 2.00. The van der Waals surface area contributed by atoms with Crippen LogP contribution in [0.5, 0.6) is 0 Å². The molecule has 1 aliphatic rings. The molecular formula is C13H19N3O2S2. The van der Waals surface area contributed by atoms with Gasteiger partial charge in [0, 0.05) is 13.1 Å². The monoisotopic (exact) mass is 313 g/mol. The Hall–Kier alpha value is -0.940. The molecule has 0 radical (unpaired) electrons. The van der Waals surface area contributed by atoms with E-state index in [9.17, 15) is 8.42 Å². The summed E-state index contributed by atoms with van der Waals surface area (Å²) in [7, 11) is -1.48. The van der Waals surface area contributed by atoms with Crippen molar-refractivity contribution in [1.29, 1.82) is 5.26 Å². The molecule has 1 aromatic heterocycles. The lowest BCUT2D eigenvalue weighted by atomic mass is 9.95. The lowest BCUT2D eigenvalue weighted by molar-refractivity contribution is 0.263. The average molecular weight is 313 g/mol. The zero-order valence-electron chi connectivity index (χ0n) is 11.5. The van der Waals surface area contributed by atoms with E-state index in [1.165, 1.54) is 6.07 Å². The number of thiophene rings is 1. The number of hydrogen-bond donors (Lipinski definition) is 1. The highest BCUT2D eigenvalue weighted by molar-refractivity contribution is 7.91. The maximum absolute atomic E-state index is 12.5. The summed E-state index contributed by atoms with van der Waals surface area (Å²) in [6, 6.07) is 5.08. The topological polar surface area (TPSA) is 73.2 Å². The van der Waals surface area contributed by atoms with Crippen LogP contribution in [0.25, 0.3) is 0 Å². The van der Waals surface area contributed by atoms with Crippen LogP contribution in [-0.2, 0) is 10.0 Å². The third-order valence-electron chi connectivity index (χ3n) is 3.66. The zero-order chi connectivity index (χ0) is 14.6. The SMILES string of the molecule is CNCCC1CCN(S(=O)(=O)c2ccc(C#N)s2)CC1. The van der Waals surface area contributed by atoms with Crippen LogP contribution in [0.3, 0.4) is 0 Å². The van der Waals surface area contributed by atoms with Crippen LogP contribution in [0.4, 0.5) is 0 Å². The number of nitrogens with zero attached hydrogens (tertiary/aromatic N) is 2. The van der Waals surface area contributed by atoms with Gasteiger partial charge in [0.1, 0.15) is 15.2 Å². The van der Waals surface area contributed by atoms with Crippen molar-refractivity contribution in [1.82, 2.24) is 9.62 Å². The number of rotatable bonds is 5. The summed E-state index contributed by atoms with van der Waals surface area (Å²) >= 11 is 1.05. The van der Waals surface area contributed by atoms with Crippen molar-refractivity contribution in [2.45, 2.75) is 23.5 Å². The summed E-state index contributed by atoms with van der Waals surface area (Å²) < 4.78 is 26.7. The number of nitrogens with one attached hydrogen (secondary N) is 1. The van der Waals surface area contributed by atoms with Crippen LogP contribution in [-0.4, -0.2) is 39.4 Å².